The molecule has 1 aromatic carbocycles. The number of nitrogens with zero attached hydrogens (tertiary/aromatic N) is 3. The van der Waals surface area contributed by atoms with Crippen LogP contribution in [0.4, 0.5) is 0 Å². The first-order chi connectivity index (χ1) is 11.5. The lowest BCUT2D eigenvalue weighted by molar-refractivity contribution is 0.371. The maximum absolute atomic E-state index is 5.48. The molecule has 0 aliphatic carbocycles. The van der Waals surface area contributed by atoms with Crippen LogP contribution in [0.2, 0.25) is 0 Å². The lowest BCUT2D eigenvalue weighted by Gasteiger charge is -2.09. The van der Waals surface area contributed by atoms with E-state index in [0.717, 1.165) is 17.5 Å². The van der Waals surface area contributed by atoms with E-state index in [1.807, 2.05) is 19.2 Å². The highest BCUT2D eigenvalue weighted by Gasteiger charge is 2.17. The third kappa shape index (κ3) is 3.70. The fraction of sp³-hybridized carbons (Fsp3) is 0.350. The Labute approximate surface area is 143 Å². The molecule has 1 atom stereocenters. The molecule has 24 heavy (non-hydrogen) atoms. The maximum atomic E-state index is 5.48. The summed E-state index contributed by atoms with van der Waals surface area (Å²) in [6.45, 7) is 8.55. The van der Waals surface area contributed by atoms with E-state index in [4.69, 9.17) is 4.52 Å². The van der Waals surface area contributed by atoms with Gasteiger partial charge in [0.25, 0.3) is 0 Å². The van der Waals surface area contributed by atoms with E-state index in [1.165, 1.54) is 11.1 Å². The molecule has 0 bridgehead atoms. The Hall–Kier alpha value is -2.49. The van der Waals surface area contributed by atoms with Crippen LogP contribution in [0, 0.1) is 12.8 Å². The van der Waals surface area contributed by atoms with E-state index in [0.29, 0.717) is 17.6 Å². The topological polar surface area (TPSA) is 51.8 Å². The van der Waals surface area contributed by atoms with Gasteiger partial charge in [-0.15, -0.1) is 0 Å². The first-order valence-electron chi connectivity index (χ1n) is 8.37. The number of aryl methyl sites for hydroxylation is 1. The van der Waals surface area contributed by atoms with E-state index < -0.39 is 0 Å². The molecule has 0 saturated carbocycles. The molecule has 2 aromatic heterocycles. The predicted octanol–water partition coefficient (Wildman–Crippen LogP) is 4.79. The molecule has 0 fully saturated rings. The van der Waals surface area contributed by atoms with Crippen molar-refractivity contribution in [2.75, 3.05) is 0 Å². The molecule has 124 valence electrons. The summed E-state index contributed by atoms with van der Waals surface area (Å²) in [7, 11) is 0. The van der Waals surface area contributed by atoms with Crippen molar-refractivity contribution in [1.29, 1.82) is 0 Å². The third-order valence-electron chi connectivity index (χ3n) is 4.07. The van der Waals surface area contributed by atoms with Gasteiger partial charge in [0.15, 0.2) is 0 Å². The van der Waals surface area contributed by atoms with Gasteiger partial charge >= 0.3 is 0 Å². The van der Waals surface area contributed by atoms with Gasteiger partial charge < -0.3 is 4.52 Å². The van der Waals surface area contributed by atoms with Crippen LogP contribution in [0.15, 0.2) is 47.2 Å². The Morgan fingerprint density at radius 2 is 1.79 bits per heavy atom. The van der Waals surface area contributed by atoms with E-state index >= 15 is 0 Å². The highest BCUT2D eigenvalue weighted by atomic mass is 16.5. The summed E-state index contributed by atoms with van der Waals surface area (Å²) in [5, 5.41) is 4.10. The van der Waals surface area contributed by atoms with Crippen LogP contribution in [-0.4, -0.2) is 15.1 Å². The summed E-state index contributed by atoms with van der Waals surface area (Å²) in [5.74, 6) is 1.94. The molecule has 1 unspecified atom stereocenters. The normalized spacial score (nSPS) is 12.5. The first kappa shape index (κ1) is 16.4. The number of aromatic nitrogens is 3. The number of rotatable bonds is 5. The van der Waals surface area contributed by atoms with Crippen molar-refractivity contribution < 1.29 is 4.52 Å². The lowest BCUT2D eigenvalue weighted by atomic mass is 9.97. The van der Waals surface area contributed by atoms with Crippen LogP contribution in [0.3, 0.4) is 0 Å². The molecule has 0 radical (unpaired) electrons. The molecular weight excluding hydrogens is 298 g/mol. The number of benzene rings is 1. The van der Waals surface area contributed by atoms with Crippen molar-refractivity contribution in [3.05, 3.63) is 65.3 Å². The van der Waals surface area contributed by atoms with Crippen LogP contribution in [0.1, 0.15) is 49.3 Å². The van der Waals surface area contributed by atoms with Gasteiger partial charge in [-0.05, 0) is 48.9 Å². The monoisotopic (exact) mass is 321 g/mol. The van der Waals surface area contributed by atoms with Gasteiger partial charge in [0.2, 0.25) is 11.7 Å². The molecule has 3 aromatic rings. The zero-order valence-corrected chi connectivity index (χ0v) is 14.7. The second kappa shape index (κ2) is 6.95. The van der Waals surface area contributed by atoms with Crippen molar-refractivity contribution in [1.82, 2.24) is 15.1 Å². The molecular formula is C20H23N3O. The second-order valence-electron chi connectivity index (χ2n) is 6.77. The van der Waals surface area contributed by atoms with Crippen molar-refractivity contribution >= 4 is 0 Å². The van der Waals surface area contributed by atoms with Gasteiger partial charge in [-0.2, -0.15) is 4.98 Å². The first-order valence-corrected chi connectivity index (χ1v) is 8.37. The minimum absolute atomic E-state index is 0.0668. The zero-order chi connectivity index (χ0) is 17.1. The molecule has 3 rings (SSSR count). The molecule has 0 aliphatic heterocycles. The van der Waals surface area contributed by atoms with Gasteiger partial charge in [-0.3, -0.25) is 4.98 Å². The predicted molar refractivity (Wildman–Crippen MR) is 94.8 cm³/mol. The molecule has 0 spiro atoms. The molecule has 0 amide bonds. The van der Waals surface area contributed by atoms with E-state index in [-0.39, 0.29) is 5.92 Å². The SMILES string of the molecule is Cc1cncc(-c2noc(C(C)c3ccc(CC(C)C)cc3)n2)c1. The van der Waals surface area contributed by atoms with Crippen LogP contribution in [0.5, 0.6) is 0 Å². The molecule has 0 saturated heterocycles. The summed E-state index contributed by atoms with van der Waals surface area (Å²) in [5.41, 5.74) is 4.50. The van der Waals surface area contributed by atoms with Crippen molar-refractivity contribution in [2.45, 2.75) is 40.0 Å². The summed E-state index contributed by atoms with van der Waals surface area (Å²) < 4.78 is 5.48. The Morgan fingerprint density at radius 3 is 2.46 bits per heavy atom. The van der Waals surface area contributed by atoms with Gasteiger partial charge in [0.05, 0.1) is 5.92 Å². The number of hydrogen-bond donors (Lipinski definition) is 0. The van der Waals surface area contributed by atoms with E-state index in [1.54, 1.807) is 6.20 Å². The maximum Gasteiger partial charge on any atom is 0.234 e. The zero-order valence-electron chi connectivity index (χ0n) is 14.7. The van der Waals surface area contributed by atoms with Crippen LogP contribution in [-0.2, 0) is 6.42 Å². The van der Waals surface area contributed by atoms with E-state index in [2.05, 4.69) is 60.2 Å². The smallest absolute Gasteiger partial charge is 0.234 e. The fourth-order valence-electron chi connectivity index (χ4n) is 2.76. The van der Waals surface area contributed by atoms with Crippen LogP contribution in [0.25, 0.3) is 11.4 Å². The Bertz CT molecular complexity index is 806. The lowest BCUT2D eigenvalue weighted by Crippen LogP contribution is -1.98. The summed E-state index contributed by atoms with van der Waals surface area (Å²) >= 11 is 0. The largest absolute Gasteiger partial charge is 0.338 e. The number of pyridine rings is 1. The number of hydrogen-bond acceptors (Lipinski definition) is 4. The highest BCUT2D eigenvalue weighted by molar-refractivity contribution is 5.53. The fourth-order valence-corrected chi connectivity index (χ4v) is 2.76. The molecule has 4 nitrogen and oxygen atoms in total. The summed E-state index contributed by atoms with van der Waals surface area (Å²) in [6, 6.07) is 10.7. The highest BCUT2D eigenvalue weighted by Crippen LogP contribution is 2.25. The van der Waals surface area contributed by atoms with Crippen molar-refractivity contribution in [3.8, 4) is 11.4 Å². The summed E-state index contributed by atoms with van der Waals surface area (Å²) in [6.07, 6.45) is 4.67. The molecule has 4 heteroatoms. The molecule has 2 heterocycles. The van der Waals surface area contributed by atoms with Gasteiger partial charge in [-0.25, -0.2) is 0 Å². The Balaban J connectivity index is 1.79. The Morgan fingerprint density at radius 1 is 1.04 bits per heavy atom. The van der Waals surface area contributed by atoms with Crippen LogP contribution < -0.4 is 0 Å². The van der Waals surface area contributed by atoms with Crippen molar-refractivity contribution in [3.63, 3.8) is 0 Å². The average molecular weight is 321 g/mol. The summed E-state index contributed by atoms with van der Waals surface area (Å²) in [4.78, 5) is 8.74. The Kier molecular flexibility index (Phi) is 4.74. The van der Waals surface area contributed by atoms with Gasteiger partial charge in [0, 0.05) is 18.0 Å². The minimum Gasteiger partial charge on any atom is -0.338 e. The average Bonchev–Trinajstić information content (AvgIpc) is 3.04. The minimum atomic E-state index is 0.0668. The molecule has 0 N–H and O–H groups in total. The molecule has 0 aliphatic rings. The van der Waals surface area contributed by atoms with E-state index in [9.17, 15) is 0 Å². The second-order valence-corrected chi connectivity index (χ2v) is 6.77. The van der Waals surface area contributed by atoms with Crippen LogP contribution >= 0.6 is 0 Å². The quantitative estimate of drug-likeness (QED) is 0.678. The third-order valence-corrected chi connectivity index (χ3v) is 4.07. The standard InChI is InChI=1S/C20H23N3O/c1-13(2)9-16-5-7-17(8-6-16)15(4)20-22-19(23-24-20)18-10-14(3)11-21-12-18/h5-8,10-13,15H,9H2,1-4H3. The van der Waals surface area contributed by atoms with Crippen molar-refractivity contribution in [2.24, 2.45) is 5.92 Å². The van der Waals surface area contributed by atoms with Gasteiger partial charge in [0.1, 0.15) is 0 Å². The van der Waals surface area contributed by atoms with Gasteiger partial charge in [-0.1, -0.05) is 43.3 Å².